The second kappa shape index (κ2) is 10.0. The monoisotopic (exact) mass is 475 g/mol. The molecule has 0 bridgehead atoms. The number of hydrogen-bond acceptors (Lipinski definition) is 3. The summed E-state index contributed by atoms with van der Waals surface area (Å²) in [6.45, 7) is 4.21. The summed E-state index contributed by atoms with van der Waals surface area (Å²) in [5.74, 6) is 0.555. The molecule has 0 aliphatic heterocycles. The first-order chi connectivity index (χ1) is 11.1. The van der Waals surface area contributed by atoms with Crippen LogP contribution in [0.3, 0.4) is 0 Å². The first-order valence-corrected chi connectivity index (χ1v) is 7.36. The number of guanidine groups is 1. The Morgan fingerprint density at radius 3 is 2.28 bits per heavy atom. The van der Waals surface area contributed by atoms with E-state index in [1.807, 2.05) is 13.8 Å². The van der Waals surface area contributed by atoms with E-state index < -0.39 is 17.3 Å². The van der Waals surface area contributed by atoms with Crippen LogP contribution in [0.4, 0.5) is 13.2 Å². The number of nitrogens with zero attached hydrogens (tertiary/aromatic N) is 1. The third-order valence-corrected chi connectivity index (χ3v) is 3.53. The number of hydrogen-bond donors (Lipinski definition) is 2. The average Bonchev–Trinajstić information content (AvgIpc) is 2.54. The zero-order valence-electron chi connectivity index (χ0n) is 15.0. The lowest BCUT2D eigenvalue weighted by Crippen LogP contribution is -2.45. The van der Waals surface area contributed by atoms with Crippen LogP contribution in [-0.4, -0.2) is 39.4 Å². The van der Waals surface area contributed by atoms with Gasteiger partial charge in [-0.1, -0.05) is 6.07 Å². The van der Waals surface area contributed by atoms with Crippen molar-refractivity contribution in [2.75, 3.05) is 27.8 Å². The lowest BCUT2D eigenvalue weighted by atomic mass is 10.1. The van der Waals surface area contributed by atoms with Gasteiger partial charge in [-0.15, -0.1) is 24.0 Å². The minimum atomic E-state index is -4.46. The van der Waals surface area contributed by atoms with Crippen molar-refractivity contribution in [3.8, 4) is 5.75 Å². The molecule has 2 N–H and O–H groups in total. The topological polar surface area (TPSA) is 54.9 Å². The zero-order valence-corrected chi connectivity index (χ0v) is 17.3. The van der Waals surface area contributed by atoms with Crippen molar-refractivity contribution in [1.29, 1.82) is 0 Å². The van der Waals surface area contributed by atoms with Crippen LogP contribution in [0.1, 0.15) is 25.0 Å². The van der Waals surface area contributed by atoms with Gasteiger partial charge in [0.1, 0.15) is 5.75 Å². The smallest absolute Gasteiger partial charge is 0.416 e. The SMILES string of the molecule is CN=C(NCc1ccc(OC)cc1C(F)(F)F)NCC(C)(C)OC.I. The highest BCUT2D eigenvalue weighted by atomic mass is 127. The van der Waals surface area contributed by atoms with Crippen molar-refractivity contribution in [2.24, 2.45) is 4.99 Å². The van der Waals surface area contributed by atoms with E-state index in [9.17, 15) is 13.2 Å². The van der Waals surface area contributed by atoms with Gasteiger partial charge in [-0.05, 0) is 31.5 Å². The quantitative estimate of drug-likeness (QED) is 0.376. The Labute approximate surface area is 163 Å². The molecule has 1 aromatic rings. The number of benzene rings is 1. The minimum Gasteiger partial charge on any atom is -0.497 e. The molecule has 0 aromatic heterocycles. The Morgan fingerprint density at radius 2 is 1.80 bits per heavy atom. The maximum atomic E-state index is 13.2. The van der Waals surface area contributed by atoms with Crippen LogP contribution in [0.5, 0.6) is 5.75 Å². The maximum absolute atomic E-state index is 13.2. The van der Waals surface area contributed by atoms with Crippen molar-refractivity contribution < 1.29 is 22.6 Å². The summed E-state index contributed by atoms with van der Waals surface area (Å²) in [6, 6.07) is 3.87. The van der Waals surface area contributed by atoms with Crippen molar-refractivity contribution in [3.63, 3.8) is 0 Å². The highest BCUT2D eigenvalue weighted by Crippen LogP contribution is 2.34. The molecule has 5 nitrogen and oxygen atoms in total. The molecular formula is C16H25F3IN3O2. The highest BCUT2D eigenvalue weighted by molar-refractivity contribution is 14.0. The number of alkyl halides is 3. The summed E-state index contributed by atoms with van der Waals surface area (Å²) in [4.78, 5) is 4.00. The number of rotatable bonds is 6. The van der Waals surface area contributed by atoms with Gasteiger partial charge in [-0.3, -0.25) is 4.99 Å². The normalized spacial score (nSPS) is 12.4. The van der Waals surface area contributed by atoms with E-state index in [0.717, 1.165) is 6.07 Å². The Kier molecular flexibility index (Phi) is 9.55. The van der Waals surface area contributed by atoms with Gasteiger partial charge in [0.05, 0.1) is 18.3 Å². The standard InChI is InChI=1S/C16H24F3N3O2.HI/c1-15(2,24-5)10-22-14(20-3)21-9-11-6-7-12(23-4)8-13(11)16(17,18)19;/h6-8H,9-10H2,1-5H3,(H2,20,21,22);1H. The van der Waals surface area contributed by atoms with Crippen molar-refractivity contribution in [2.45, 2.75) is 32.2 Å². The van der Waals surface area contributed by atoms with Gasteiger partial charge in [0, 0.05) is 27.2 Å². The predicted molar refractivity (Wildman–Crippen MR) is 103 cm³/mol. The van der Waals surface area contributed by atoms with E-state index in [2.05, 4.69) is 15.6 Å². The molecule has 1 aromatic carbocycles. The van der Waals surface area contributed by atoms with Crippen LogP contribution in [0.15, 0.2) is 23.2 Å². The summed E-state index contributed by atoms with van der Waals surface area (Å²) in [5.41, 5.74) is -1.05. The first kappa shape index (κ1) is 23.8. The Bertz CT molecular complexity index is 578. The summed E-state index contributed by atoms with van der Waals surface area (Å²) >= 11 is 0. The van der Waals surface area contributed by atoms with Crippen molar-refractivity contribution >= 4 is 29.9 Å². The molecular weight excluding hydrogens is 450 g/mol. The molecule has 0 radical (unpaired) electrons. The average molecular weight is 475 g/mol. The molecule has 0 saturated carbocycles. The Hall–Kier alpha value is -1.23. The largest absolute Gasteiger partial charge is 0.497 e. The fourth-order valence-electron chi connectivity index (χ4n) is 1.87. The fourth-order valence-corrected chi connectivity index (χ4v) is 1.87. The molecule has 0 atom stereocenters. The van der Waals surface area contributed by atoms with E-state index >= 15 is 0 Å². The summed E-state index contributed by atoms with van der Waals surface area (Å²) < 4.78 is 49.7. The van der Waals surface area contributed by atoms with E-state index in [4.69, 9.17) is 9.47 Å². The molecule has 9 heteroatoms. The first-order valence-electron chi connectivity index (χ1n) is 7.36. The van der Waals surface area contributed by atoms with Crippen LogP contribution in [0, 0.1) is 0 Å². The number of ether oxygens (including phenoxy) is 2. The number of aliphatic imine (C=N–C) groups is 1. The summed E-state index contributed by atoms with van der Waals surface area (Å²) in [6.07, 6.45) is -4.46. The van der Waals surface area contributed by atoms with Crippen LogP contribution in [0.25, 0.3) is 0 Å². The van der Waals surface area contributed by atoms with Gasteiger partial charge in [0.2, 0.25) is 0 Å². The third kappa shape index (κ3) is 7.68. The molecule has 0 unspecified atom stereocenters. The van der Waals surface area contributed by atoms with Crippen LogP contribution >= 0.6 is 24.0 Å². The molecule has 144 valence electrons. The van der Waals surface area contributed by atoms with Crippen molar-refractivity contribution in [3.05, 3.63) is 29.3 Å². The van der Waals surface area contributed by atoms with Crippen molar-refractivity contribution in [1.82, 2.24) is 10.6 Å². The molecule has 0 spiro atoms. The van der Waals surface area contributed by atoms with Gasteiger partial charge < -0.3 is 20.1 Å². The zero-order chi connectivity index (χ0) is 18.4. The molecule has 0 heterocycles. The number of nitrogens with one attached hydrogen (secondary N) is 2. The second-order valence-corrected chi connectivity index (χ2v) is 5.76. The Morgan fingerprint density at radius 1 is 1.16 bits per heavy atom. The van der Waals surface area contributed by atoms with E-state index in [-0.39, 0.29) is 41.8 Å². The molecule has 0 fully saturated rings. The maximum Gasteiger partial charge on any atom is 0.416 e. The van der Waals surface area contributed by atoms with Gasteiger partial charge in [0.25, 0.3) is 0 Å². The lowest BCUT2D eigenvalue weighted by molar-refractivity contribution is -0.138. The van der Waals surface area contributed by atoms with E-state index in [0.29, 0.717) is 12.5 Å². The number of halogens is 4. The molecule has 0 saturated heterocycles. The number of methoxy groups -OCH3 is 2. The summed E-state index contributed by atoms with van der Waals surface area (Å²) in [5, 5.41) is 5.89. The third-order valence-electron chi connectivity index (χ3n) is 3.53. The van der Waals surface area contributed by atoms with Gasteiger partial charge in [-0.25, -0.2) is 0 Å². The lowest BCUT2D eigenvalue weighted by Gasteiger charge is -2.24. The van der Waals surface area contributed by atoms with E-state index in [1.165, 1.54) is 19.2 Å². The molecule has 1 rings (SSSR count). The van der Waals surface area contributed by atoms with Crippen LogP contribution in [-0.2, 0) is 17.5 Å². The fraction of sp³-hybridized carbons (Fsp3) is 0.562. The molecule has 0 amide bonds. The van der Waals surface area contributed by atoms with Gasteiger partial charge in [0.15, 0.2) is 5.96 Å². The predicted octanol–water partition coefficient (Wildman–Crippen LogP) is 3.42. The second-order valence-electron chi connectivity index (χ2n) is 5.76. The van der Waals surface area contributed by atoms with Crippen LogP contribution in [0.2, 0.25) is 0 Å². The minimum absolute atomic E-state index is 0. The van der Waals surface area contributed by atoms with Gasteiger partial charge in [-0.2, -0.15) is 13.2 Å². The highest BCUT2D eigenvalue weighted by Gasteiger charge is 2.33. The van der Waals surface area contributed by atoms with Gasteiger partial charge >= 0.3 is 6.18 Å². The molecule has 0 aliphatic rings. The molecule has 25 heavy (non-hydrogen) atoms. The summed E-state index contributed by atoms with van der Waals surface area (Å²) in [7, 11) is 4.47. The molecule has 0 aliphatic carbocycles. The van der Waals surface area contributed by atoms with Crippen LogP contribution < -0.4 is 15.4 Å². The van der Waals surface area contributed by atoms with E-state index in [1.54, 1.807) is 14.2 Å². The Balaban J connectivity index is 0.00000576.